The maximum absolute atomic E-state index is 13.5. The standard InChI is InChI=1S/C27H31N3O4S/c1-22(27(32)28-18-23-12-6-3-7-13-23)30(20-25-16-10-5-11-17-25)26(31)21-29(35(2,33)34)19-24-14-8-4-9-15-24/h3-17,22H,18-21H2,1-2H3,(H,28,32)/t22-/m0/s1. The monoisotopic (exact) mass is 493 g/mol. The maximum Gasteiger partial charge on any atom is 0.242 e. The Hall–Kier alpha value is -3.49. The lowest BCUT2D eigenvalue weighted by Gasteiger charge is -2.31. The van der Waals surface area contributed by atoms with Crippen LogP contribution in [0.2, 0.25) is 0 Å². The van der Waals surface area contributed by atoms with E-state index in [-0.39, 0.29) is 25.5 Å². The van der Waals surface area contributed by atoms with Crippen molar-refractivity contribution in [3.63, 3.8) is 0 Å². The van der Waals surface area contributed by atoms with Crippen LogP contribution < -0.4 is 5.32 Å². The van der Waals surface area contributed by atoms with Crippen molar-refractivity contribution in [1.82, 2.24) is 14.5 Å². The largest absolute Gasteiger partial charge is 0.350 e. The summed E-state index contributed by atoms with van der Waals surface area (Å²) in [5.74, 6) is -0.760. The number of rotatable bonds is 11. The quantitative estimate of drug-likeness (QED) is 0.445. The van der Waals surface area contributed by atoms with E-state index < -0.39 is 22.0 Å². The van der Waals surface area contributed by atoms with Crippen LogP contribution in [0.15, 0.2) is 91.0 Å². The molecule has 1 N–H and O–H groups in total. The van der Waals surface area contributed by atoms with E-state index in [0.29, 0.717) is 6.54 Å². The van der Waals surface area contributed by atoms with E-state index in [1.165, 1.54) is 4.90 Å². The molecular formula is C27H31N3O4S. The van der Waals surface area contributed by atoms with Crippen LogP contribution >= 0.6 is 0 Å². The van der Waals surface area contributed by atoms with Gasteiger partial charge in [0.1, 0.15) is 6.04 Å². The molecule has 0 heterocycles. The molecule has 0 saturated carbocycles. The van der Waals surface area contributed by atoms with Gasteiger partial charge in [-0.25, -0.2) is 8.42 Å². The molecule has 1 atom stereocenters. The fourth-order valence-electron chi connectivity index (χ4n) is 3.61. The molecule has 2 amide bonds. The summed E-state index contributed by atoms with van der Waals surface area (Å²) >= 11 is 0. The van der Waals surface area contributed by atoms with Crippen molar-refractivity contribution in [3.8, 4) is 0 Å². The van der Waals surface area contributed by atoms with Crippen LogP contribution in [0.4, 0.5) is 0 Å². The molecule has 184 valence electrons. The van der Waals surface area contributed by atoms with E-state index >= 15 is 0 Å². The zero-order valence-corrected chi connectivity index (χ0v) is 20.8. The minimum absolute atomic E-state index is 0.0686. The third-order valence-corrected chi connectivity index (χ3v) is 6.85. The van der Waals surface area contributed by atoms with Crippen molar-refractivity contribution < 1.29 is 18.0 Å². The van der Waals surface area contributed by atoms with E-state index in [1.54, 1.807) is 6.92 Å². The predicted molar refractivity (Wildman–Crippen MR) is 136 cm³/mol. The summed E-state index contributed by atoms with van der Waals surface area (Å²) in [7, 11) is -3.67. The zero-order valence-electron chi connectivity index (χ0n) is 20.0. The van der Waals surface area contributed by atoms with Crippen molar-refractivity contribution in [2.75, 3.05) is 12.8 Å². The Bertz CT molecular complexity index is 1200. The summed E-state index contributed by atoms with van der Waals surface area (Å²) in [4.78, 5) is 27.9. The second-order valence-electron chi connectivity index (χ2n) is 8.40. The molecule has 3 aromatic rings. The van der Waals surface area contributed by atoms with E-state index in [1.807, 2.05) is 91.0 Å². The number of nitrogens with zero attached hydrogens (tertiary/aromatic N) is 2. The van der Waals surface area contributed by atoms with Crippen LogP contribution in [-0.4, -0.2) is 48.3 Å². The summed E-state index contributed by atoms with van der Waals surface area (Å²) in [6.45, 7) is 1.88. The highest BCUT2D eigenvalue weighted by Gasteiger charge is 2.29. The summed E-state index contributed by atoms with van der Waals surface area (Å²) in [6.07, 6.45) is 1.08. The number of carbonyl (C=O) groups excluding carboxylic acids is 2. The van der Waals surface area contributed by atoms with Gasteiger partial charge in [0.15, 0.2) is 0 Å². The average Bonchev–Trinajstić information content (AvgIpc) is 2.86. The predicted octanol–water partition coefficient (Wildman–Crippen LogP) is 3.18. The lowest BCUT2D eigenvalue weighted by Crippen LogP contribution is -2.50. The molecule has 0 aliphatic heterocycles. The molecular weight excluding hydrogens is 462 g/mol. The molecule has 3 aromatic carbocycles. The van der Waals surface area contributed by atoms with Gasteiger partial charge in [-0.1, -0.05) is 91.0 Å². The van der Waals surface area contributed by atoms with Crippen LogP contribution in [0.3, 0.4) is 0 Å². The fourth-order valence-corrected chi connectivity index (χ4v) is 4.34. The average molecular weight is 494 g/mol. The Morgan fingerprint density at radius 3 is 1.71 bits per heavy atom. The molecule has 0 spiro atoms. The first kappa shape index (κ1) is 26.1. The smallest absolute Gasteiger partial charge is 0.242 e. The van der Waals surface area contributed by atoms with Crippen molar-refractivity contribution >= 4 is 21.8 Å². The number of amides is 2. The normalized spacial score (nSPS) is 12.2. The van der Waals surface area contributed by atoms with Crippen molar-refractivity contribution in [2.45, 2.75) is 32.6 Å². The molecule has 35 heavy (non-hydrogen) atoms. The Balaban J connectivity index is 1.78. The molecule has 0 aliphatic rings. The number of sulfonamides is 1. The minimum atomic E-state index is -3.67. The summed E-state index contributed by atoms with van der Waals surface area (Å²) in [6, 6.07) is 27.1. The van der Waals surface area contributed by atoms with Gasteiger partial charge in [0.05, 0.1) is 12.8 Å². The second kappa shape index (κ2) is 12.3. The molecule has 3 rings (SSSR count). The number of carbonyl (C=O) groups is 2. The van der Waals surface area contributed by atoms with Crippen LogP contribution in [0, 0.1) is 0 Å². The molecule has 0 fully saturated rings. The van der Waals surface area contributed by atoms with Crippen molar-refractivity contribution in [3.05, 3.63) is 108 Å². The van der Waals surface area contributed by atoms with Gasteiger partial charge < -0.3 is 10.2 Å². The molecule has 0 aliphatic carbocycles. The Morgan fingerprint density at radius 1 is 0.771 bits per heavy atom. The second-order valence-corrected chi connectivity index (χ2v) is 10.4. The zero-order chi connectivity index (χ0) is 25.3. The molecule has 7 nitrogen and oxygen atoms in total. The third-order valence-electron chi connectivity index (χ3n) is 5.65. The SMILES string of the molecule is C[C@@H](C(=O)NCc1ccccc1)N(Cc1ccccc1)C(=O)CN(Cc1ccccc1)S(C)(=O)=O. The minimum Gasteiger partial charge on any atom is -0.350 e. The van der Waals surface area contributed by atoms with Crippen molar-refractivity contribution in [2.24, 2.45) is 0 Å². The molecule has 0 radical (unpaired) electrons. The van der Waals surface area contributed by atoms with Gasteiger partial charge in [-0.3, -0.25) is 9.59 Å². The van der Waals surface area contributed by atoms with Crippen LogP contribution in [0.5, 0.6) is 0 Å². The van der Waals surface area contributed by atoms with Gasteiger partial charge in [-0.2, -0.15) is 4.31 Å². The summed E-state index contributed by atoms with van der Waals surface area (Å²) in [5.41, 5.74) is 2.56. The number of hydrogen-bond donors (Lipinski definition) is 1. The van der Waals surface area contributed by atoms with Crippen LogP contribution in [-0.2, 0) is 39.2 Å². The molecule has 0 unspecified atom stereocenters. The van der Waals surface area contributed by atoms with Crippen molar-refractivity contribution in [1.29, 1.82) is 0 Å². The van der Waals surface area contributed by atoms with Gasteiger partial charge in [0.25, 0.3) is 0 Å². The van der Waals surface area contributed by atoms with Gasteiger partial charge in [0, 0.05) is 19.6 Å². The topological polar surface area (TPSA) is 86.8 Å². The van der Waals surface area contributed by atoms with Gasteiger partial charge in [0.2, 0.25) is 21.8 Å². The number of benzene rings is 3. The molecule has 0 saturated heterocycles. The van der Waals surface area contributed by atoms with E-state index in [0.717, 1.165) is 27.3 Å². The Morgan fingerprint density at radius 2 is 1.23 bits per heavy atom. The van der Waals surface area contributed by atoms with Gasteiger partial charge >= 0.3 is 0 Å². The highest BCUT2D eigenvalue weighted by molar-refractivity contribution is 7.88. The fraction of sp³-hybridized carbons (Fsp3) is 0.259. The Labute approximate surface area is 207 Å². The third kappa shape index (κ3) is 8.05. The van der Waals surface area contributed by atoms with E-state index in [9.17, 15) is 18.0 Å². The van der Waals surface area contributed by atoms with Crippen LogP contribution in [0.1, 0.15) is 23.6 Å². The summed E-state index contributed by atoms with van der Waals surface area (Å²) in [5, 5.41) is 2.88. The first-order valence-corrected chi connectivity index (χ1v) is 13.2. The highest BCUT2D eigenvalue weighted by atomic mass is 32.2. The Kier molecular flexibility index (Phi) is 9.17. The lowest BCUT2D eigenvalue weighted by molar-refractivity contribution is -0.140. The maximum atomic E-state index is 13.5. The molecule has 8 heteroatoms. The van der Waals surface area contributed by atoms with Gasteiger partial charge in [-0.05, 0) is 23.6 Å². The lowest BCUT2D eigenvalue weighted by atomic mass is 10.1. The highest BCUT2D eigenvalue weighted by Crippen LogP contribution is 2.14. The number of hydrogen-bond acceptors (Lipinski definition) is 4. The first-order valence-electron chi connectivity index (χ1n) is 11.4. The molecule has 0 aromatic heterocycles. The van der Waals surface area contributed by atoms with E-state index in [2.05, 4.69) is 5.32 Å². The number of nitrogens with one attached hydrogen (secondary N) is 1. The van der Waals surface area contributed by atoms with E-state index in [4.69, 9.17) is 0 Å². The first-order chi connectivity index (χ1) is 16.7. The molecule has 0 bridgehead atoms. The van der Waals surface area contributed by atoms with Gasteiger partial charge in [-0.15, -0.1) is 0 Å². The van der Waals surface area contributed by atoms with Crippen LogP contribution in [0.25, 0.3) is 0 Å². The summed E-state index contributed by atoms with van der Waals surface area (Å²) < 4.78 is 26.1.